The molecular weight excluding hydrogens is 104 g/mol. The van der Waals surface area contributed by atoms with E-state index in [1.165, 1.54) is 19.3 Å². The first-order chi connectivity index (χ1) is 2.91. The van der Waals surface area contributed by atoms with Crippen molar-refractivity contribution in [3.05, 3.63) is 7.43 Å². The summed E-state index contributed by atoms with van der Waals surface area (Å²) in [7, 11) is 0. The fourth-order valence-electron chi connectivity index (χ4n) is 0.352. The zero-order chi connectivity index (χ0) is 4.83. The molecule has 0 unspecified atom stereocenters. The molecule has 0 aliphatic heterocycles. The number of hydrogen-bond acceptors (Lipinski definition) is 0. The molecule has 0 nitrogen and oxygen atoms in total. The van der Waals surface area contributed by atoms with E-state index in [9.17, 15) is 0 Å². The van der Waals surface area contributed by atoms with E-state index in [0.717, 1.165) is 5.75 Å². The molecule has 0 aliphatic rings. The van der Waals surface area contributed by atoms with E-state index in [1.54, 1.807) is 0 Å². The normalized spacial score (nSPS) is 7.71. The van der Waals surface area contributed by atoms with Gasteiger partial charge >= 0.3 is 0 Å². The highest BCUT2D eigenvalue weighted by Crippen LogP contribution is 1.93. The Morgan fingerprint density at radius 3 is 2.00 bits per heavy atom. The van der Waals surface area contributed by atoms with Gasteiger partial charge < -0.3 is 0 Å². The Morgan fingerprint density at radius 1 is 1.29 bits per heavy atom. The third kappa shape index (κ3) is 10.7. The van der Waals surface area contributed by atoms with Crippen molar-refractivity contribution in [2.45, 2.75) is 26.2 Å². The van der Waals surface area contributed by atoms with Crippen LogP contribution in [0.2, 0.25) is 0 Å². The van der Waals surface area contributed by atoms with Crippen LogP contribution in [0.5, 0.6) is 0 Å². The molecule has 0 N–H and O–H groups in total. The van der Waals surface area contributed by atoms with E-state index in [0.29, 0.717) is 0 Å². The summed E-state index contributed by atoms with van der Waals surface area (Å²) in [6.07, 6.45) is 3.83. The van der Waals surface area contributed by atoms with Crippen molar-refractivity contribution in [1.29, 1.82) is 0 Å². The summed E-state index contributed by atoms with van der Waals surface area (Å²) in [5.74, 6) is 0.938. The quantitative estimate of drug-likeness (QED) is 0.496. The number of rotatable bonds is 3. The number of hydrogen-bond donors (Lipinski definition) is 0. The van der Waals surface area contributed by atoms with Crippen molar-refractivity contribution >= 4 is 12.6 Å². The largest absolute Gasteiger partial charge is 0.0942 e. The molecule has 0 amide bonds. The third-order valence-corrected chi connectivity index (χ3v) is 1.04. The molecule has 0 aromatic heterocycles. The average molecular weight is 115 g/mol. The van der Waals surface area contributed by atoms with E-state index in [1.807, 2.05) is 0 Å². The van der Waals surface area contributed by atoms with Crippen molar-refractivity contribution in [2.24, 2.45) is 0 Å². The molecule has 41 valence electrons. The monoisotopic (exact) mass is 115 g/mol. The molecule has 0 saturated carbocycles. The van der Waals surface area contributed by atoms with Gasteiger partial charge in [-0.05, 0) is 6.42 Å². The molecule has 0 aromatic rings. The van der Waals surface area contributed by atoms with Gasteiger partial charge in [0.1, 0.15) is 0 Å². The minimum Gasteiger partial charge on any atom is -0.0942 e. The highest BCUT2D eigenvalue weighted by Gasteiger charge is 1.76. The molecule has 0 aliphatic carbocycles. The Morgan fingerprint density at radius 2 is 1.86 bits per heavy atom. The SMILES string of the molecule is CCCCC[S].[C]. The van der Waals surface area contributed by atoms with Gasteiger partial charge in [0.25, 0.3) is 0 Å². The van der Waals surface area contributed by atoms with Crippen molar-refractivity contribution in [3.63, 3.8) is 0 Å². The van der Waals surface area contributed by atoms with E-state index in [2.05, 4.69) is 6.92 Å². The molecule has 0 fully saturated rings. The van der Waals surface area contributed by atoms with Gasteiger partial charge in [0, 0.05) is 13.2 Å². The van der Waals surface area contributed by atoms with Gasteiger partial charge in [-0.1, -0.05) is 32.4 Å². The molecule has 0 atom stereocenters. The van der Waals surface area contributed by atoms with Crippen molar-refractivity contribution in [2.75, 3.05) is 5.75 Å². The minimum absolute atomic E-state index is 0. The lowest BCUT2D eigenvalue weighted by Gasteiger charge is -1.85. The van der Waals surface area contributed by atoms with Crippen LogP contribution in [0.15, 0.2) is 0 Å². The first-order valence-corrected chi connectivity index (χ1v) is 3.07. The zero-order valence-electron chi connectivity index (χ0n) is 4.74. The lowest BCUT2D eigenvalue weighted by molar-refractivity contribution is 0.780. The van der Waals surface area contributed by atoms with Gasteiger partial charge in [-0.15, -0.1) is 0 Å². The summed E-state index contributed by atoms with van der Waals surface area (Å²) in [6, 6.07) is 0. The predicted octanol–water partition coefficient (Wildman–Crippen LogP) is 2.46. The van der Waals surface area contributed by atoms with Gasteiger partial charge in [-0.2, -0.15) is 0 Å². The Bertz CT molecular complexity index is 16.1. The standard InChI is InChI=1S/C5H11S.C/c1-2-3-4-5-6;/h2-5H2,1H3;. The van der Waals surface area contributed by atoms with E-state index < -0.39 is 0 Å². The van der Waals surface area contributed by atoms with Crippen LogP contribution in [0.4, 0.5) is 0 Å². The van der Waals surface area contributed by atoms with Crippen molar-refractivity contribution in [3.8, 4) is 0 Å². The Kier molecular flexibility index (Phi) is 14.2. The van der Waals surface area contributed by atoms with Crippen molar-refractivity contribution < 1.29 is 0 Å². The first kappa shape index (κ1) is 10.4. The molecule has 0 aromatic carbocycles. The summed E-state index contributed by atoms with van der Waals surface area (Å²) in [4.78, 5) is 0. The van der Waals surface area contributed by atoms with Crippen LogP contribution in [-0.4, -0.2) is 5.75 Å². The topological polar surface area (TPSA) is 0 Å². The van der Waals surface area contributed by atoms with Crippen LogP contribution in [0, 0.1) is 7.43 Å². The summed E-state index contributed by atoms with van der Waals surface area (Å²) >= 11 is 4.72. The smallest absolute Gasteiger partial charge is 0.00369 e. The average Bonchev–Trinajstić information content (AvgIpc) is 1.61. The molecular formula is C6H11S. The number of unbranched alkanes of at least 4 members (excludes halogenated alkanes) is 2. The molecule has 0 rings (SSSR count). The fraction of sp³-hybridized carbons (Fsp3) is 0.833. The van der Waals surface area contributed by atoms with Crippen LogP contribution < -0.4 is 0 Å². The van der Waals surface area contributed by atoms with E-state index in [4.69, 9.17) is 12.6 Å². The zero-order valence-corrected chi connectivity index (χ0v) is 5.55. The van der Waals surface area contributed by atoms with Crippen LogP contribution >= 0.6 is 12.6 Å². The van der Waals surface area contributed by atoms with Gasteiger partial charge in [0.15, 0.2) is 0 Å². The maximum Gasteiger partial charge on any atom is 0.00369 e. The molecule has 7 heavy (non-hydrogen) atoms. The summed E-state index contributed by atoms with van der Waals surface area (Å²) in [6.45, 7) is 2.19. The Hall–Kier alpha value is 0.350. The summed E-state index contributed by atoms with van der Waals surface area (Å²) < 4.78 is 0. The fourth-order valence-corrected chi connectivity index (χ4v) is 0.556. The summed E-state index contributed by atoms with van der Waals surface area (Å²) in [5, 5.41) is 0. The van der Waals surface area contributed by atoms with E-state index >= 15 is 0 Å². The second-order valence-corrected chi connectivity index (χ2v) is 1.82. The second-order valence-electron chi connectivity index (χ2n) is 1.41. The molecule has 0 saturated heterocycles. The molecule has 5 radical (unpaired) electrons. The first-order valence-electron chi connectivity index (χ1n) is 2.50. The molecule has 0 heterocycles. The molecule has 0 bridgehead atoms. The van der Waals surface area contributed by atoms with Crippen molar-refractivity contribution in [1.82, 2.24) is 0 Å². The van der Waals surface area contributed by atoms with E-state index in [-0.39, 0.29) is 7.43 Å². The lowest BCUT2D eigenvalue weighted by Crippen LogP contribution is -1.70. The van der Waals surface area contributed by atoms with Crippen LogP contribution in [0.25, 0.3) is 0 Å². The Labute approximate surface area is 52.7 Å². The minimum atomic E-state index is 0. The molecule has 0 spiro atoms. The highest BCUT2D eigenvalue weighted by atomic mass is 32.1. The van der Waals surface area contributed by atoms with Gasteiger partial charge in [-0.25, -0.2) is 0 Å². The van der Waals surface area contributed by atoms with Crippen LogP contribution in [0.3, 0.4) is 0 Å². The lowest BCUT2D eigenvalue weighted by atomic mass is 10.3. The molecule has 1 heteroatoms. The van der Waals surface area contributed by atoms with Gasteiger partial charge in [-0.3, -0.25) is 0 Å². The Balaban J connectivity index is 0. The second kappa shape index (κ2) is 9.61. The van der Waals surface area contributed by atoms with Gasteiger partial charge in [0.05, 0.1) is 0 Å². The predicted molar refractivity (Wildman–Crippen MR) is 35.2 cm³/mol. The summed E-state index contributed by atoms with van der Waals surface area (Å²) in [5.41, 5.74) is 0. The maximum atomic E-state index is 4.72. The maximum absolute atomic E-state index is 4.72. The van der Waals surface area contributed by atoms with Gasteiger partial charge in [0.2, 0.25) is 0 Å². The third-order valence-electron chi connectivity index (χ3n) is 0.748. The highest BCUT2D eigenvalue weighted by molar-refractivity contribution is 7.80. The van der Waals surface area contributed by atoms with Crippen LogP contribution in [0.1, 0.15) is 26.2 Å². The van der Waals surface area contributed by atoms with Crippen LogP contribution in [-0.2, 0) is 0 Å².